The minimum absolute atomic E-state index is 0. The molecule has 10 heavy (non-hydrogen) atoms. The third-order valence-corrected chi connectivity index (χ3v) is 1.71. The summed E-state index contributed by atoms with van der Waals surface area (Å²) in [5, 5.41) is 9.26. The van der Waals surface area contributed by atoms with Gasteiger partial charge in [-0.25, -0.2) is 0 Å². The molecule has 1 rings (SSSR count). The minimum atomic E-state index is 0. The molecule has 1 aromatic carbocycles. The van der Waals surface area contributed by atoms with Crippen LogP contribution in [0, 0.1) is 0 Å². The average molecular weight is 231 g/mol. The summed E-state index contributed by atoms with van der Waals surface area (Å²) < 4.78 is 0.866. The summed E-state index contributed by atoms with van der Waals surface area (Å²) in [4.78, 5) is 0. The van der Waals surface area contributed by atoms with Crippen molar-refractivity contribution < 1.29 is 36.1 Å². The van der Waals surface area contributed by atoms with Crippen LogP contribution >= 0.6 is 27.5 Å². The summed E-state index contributed by atoms with van der Waals surface area (Å²) in [6, 6.07) is 4.89. The van der Waals surface area contributed by atoms with Crippen molar-refractivity contribution in [2.75, 3.05) is 0 Å². The Hall–Kier alpha value is 0.790. The van der Waals surface area contributed by atoms with E-state index >= 15 is 0 Å². The number of hydrogen-bond donors (Lipinski definition) is 1. The van der Waals surface area contributed by atoms with Crippen molar-refractivity contribution in [2.45, 2.75) is 0 Å². The third-order valence-electron chi connectivity index (χ3n) is 0.910. The molecular formula is C6H5BrClNaO. The molecule has 0 heterocycles. The second-order valence-corrected chi connectivity index (χ2v) is 2.92. The number of benzene rings is 1. The van der Waals surface area contributed by atoms with E-state index < -0.39 is 0 Å². The molecule has 0 unspecified atom stereocenters. The molecule has 0 bridgehead atoms. The van der Waals surface area contributed by atoms with Crippen LogP contribution in [0.5, 0.6) is 5.75 Å². The van der Waals surface area contributed by atoms with Gasteiger partial charge in [-0.1, -0.05) is 27.5 Å². The van der Waals surface area contributed by atoms with Gasteiger partial charge in [0, 0.05) is 4.47 Å². The van der Waals surface area contributed by atoms with Crippen LogP contribution in [0.25, 0.3) is 0 Å². The van der Waals surface area contributed by atoms with Crippen LogP contribution in [-0.2, 0) is 0 Å². The summed E-state index contributed by atoms with van der Waals surface area (Å²) >= 11 is 8.73. The number of hydrogen-bond acceptors (Lipinski definition) is 1. The van der Waals surface area contributed by atoms with E-state index in [1.165, 1.54) is 6.07 Å². The Balaban J connectivity index is 0. The van der Waals surface area contributed by atoms with Crippen molar-refractivity contribution in [1.82, 2.24) is 0 Å². The van der Waals surface area contributed by atoms with Crippen LogP contribution in [0.2, 0.25) is 5.02 Å². The van der Waals surface area contributed by atoms with Crippen LogP contribution in [-0.4, -0.2) is 5.11 Å². The number of halogens is 2. The Labute approximate surface area is 96.3 Å². The van der Waals surface area contributed by atoms with Crippen LogP contribution < -0.4 is 29.6 Å². The smallest absolute Gasteiger partial charge is 1.00 e. The minimum Gasteiger partial charge on any atom is -1.00 e. The molecule has 0 aliphatic heterocycles. The molecular weight excluding hydrogens is 226 g/mol. The van der Waals surface area contributed by atoms with E-state index in [1.807, 2.05) is 0 Å². The molecule has 1 aromatic rings. The summed E-state index contributed by atoms with van der Waals surface area (Å²) in [5.41, 5.74) is 0. The third kappa shape index (κ3) is 2.81. The second kappa shape index (κ2) is 4.62. The molecule has 0 amide bonds. The van der Waals surface area contributed by atoms with E-state index in [-0.39, 0.29) is 36.7 Å². The zero-order valence-corrected chi connectivity index (χ0v) is 9.78. The van der Waals surface area contributed by atoms with Crippen molar-refractivity contribution in [2.24, 2.45) is 0 Å². The van der Waals surface area contributed by atoms with Crippen LogP contribution in [0.3, 0.4) is 0 Å². The SMILES string of the molecule is Oc1ccc(Br)cc1Cl.[H-].[Na+]. The zero-order valence-electron chi connectivity index (χ0n) is 6.44. The van der Waals surface area contributed by atoms with Gasteiger partial charge in [0.2, 0.25) is 0 Å². The normalized spacial score (nSPS) is 8.60. The van der Waals surface area contributed by atoms with E-state index in [2.05, 4.69) is 15.9 Å². The van der Waals surface area contributed by atoms with Crippen molar-refractivity contribution in [3.05, 3.63) is 27.7 Å². The van der Waals surface area contributed by atoms with Crippen LogP contribution in [0.15, 0.2) is 22.7 Å². The predicted octanol–water partition coefficient (Wildman–Crippen LogP) is -0.0754. The topological polar surface area (TPSA) is 20.2 Å². The Kier molecular flexibility index (Phi) is 4.99. The van der Waals surface area contributed by atoms with E-state index in [0.717, 1.165) is 4.47 Å². The molecule has 0 saturated carbocycles. The molecule has 0 aromatic heterocycles. The molecule has 0 spiro atoms. The Morgan fingerprint density at radius 3 is 2.50 bits per heavy atom. The van der Waals surface area contributed by atoms with Gasteiger partial charge in [-0.15, -0.1) is 0 Å². The average Bonchev–Trinajstić information content (AvgIpc) is 1.80. The quantitative estimate of drug-likeness (QED) is 0.620. The van der Waals surface area contributed by atoms with Crippen molar-refractivity contribution >= 4 is 27.5 Å². The van der Waals surface area contributed by atoms with E-state index in [1.54, 1.807) is 12.1 Å². The number of rotatable bonds is 0. The Morgan fingerprint density at radius 1 is 1.50 bits per heavy atom. The molecule has 1 N–H and O–H groups in total. The van der Waals surface area contributed by atoms with E-state index in [4.69, 9.17) is 16.7 Å². The monoisotopic (exact) mass is 230 g/mol. The number of aromatic hydroxyl groups is 1. The molecule has 1 nitrogen and oxygen atoms in total. The van der Waals surface area contributed by atoms with Crippen LogP contribution in [0.1, 0.15) is 1.43 Å². The van der Waals surface area contributed by atoms with Gasteiger partial charge in [0.05, 0.1) is 5.02 Å². The van der Waals surface area contributed by atoms with E-state index in [9.17, 15) is 0 Å². The fourth-order valence-corrected chi connectivity index (χ4v) is 1.15. The van der Waals surface area contributed by atoms with Crippen molar-refractivity contribution in [1.29, 1.82) is 0 Å². The van der Waals surface area contributed by atoms with E-state index in [0.29, 0.717) is 5.02 Å². The molecule has 50 valence electrons. The molecule has 0 saturated heterocycles. The summed E-state index contributed by atoms with van der Waals surface area (Å²) in [6.07, 6.45) is 0. The second-order valence-electron chi connectivity index (χ2n) is 1.60. The predicted molar refractivity (Wildman–Crippen MR) is 41.9 cm³/mol. The van der Waals surface area contributed by atoms with Gasteiger partial charge in [0.15, 0.2) is 0 Å². The largest absolute Gasteiger partial charge is 1.00 e. The Bertz CT molecular complexity index is 234. The van der Waals surface area contributed by atoms with Gasteiger partial charge in [-0.2, -0.15) is 0 Å². The molecule has 0 atom stereocenters. The molecule has 4 heteroatoms. The number of phenolic OH excluding ortho intramolecular Hbond substituents is 1. The first-order valence-electron chi connectivity index (χ1n) is 2.34. The number of phenols is 1. The fraction of sp³-hybridized carbons (Fsp3) is 0. The molecule has 0 radical (unpaired) electrons. The first-order valence-corrected chi connectivity index (χ1v) is 3.51. The maximum atomic E-state index is 8.89. The zero-order chi connectivity index (χ0) is 6.85. The maximum Gasteiger partial charge on any atom is 1.00 e. The van der Waals surface area contributed by atoms with Gasteiger partial charge in [0.25, 0.3) is 0 Å². The first kappa shape index (κ1) is 10.8. The molecule has 0 aliphatic carbocycles. The van der Waals surface area contributed by atoms with Gasteiger partial charge in [-0.3, -0.25) is 0 Å². The standard InChI is InChI=1S/C6H4BrClO.Na.H/c7-4-1-2-6(9)5(8)3-4;;/h1-3,9H;;/q;+1;-1. The van der Waals surface area contributed by atoms with Gasteiger partial charge in [-0.05, 0) is 18.2 Å². The summed E-state index contributed by atoms with van der Waals surface area (Å²) in [7, 11) is 0. The van der Waals surface area contributed by atoms with Gasteiger partial charge >= 0.3 is 29.6 Å². The van der Waals surface area contributed by atoms with Gasteiger partial charge in [0.1, 0.15) is 5.75 Å². The molecule has 0 fully saturated rings. The summed E-state index contributed by atoms with van der Waals surface area (Å²) in [5.74, 6) is 0.111. The molecule has 0 aliphatic rings. The van der Waals surface area contributed by atoms with Crippen LogP contribution in [0.4, 0.5) is 0 Å². The summed E-state index contributed by atoms with van der Waals surface area (Å²) in [6.45, 7) is 0. The maximum absolute atomic E-state index is 8.89. The van der Waals surface area contributed by atoms with Crippen molar-refractivity contribution in [3.8, 4) is 5.75 Å². The fourth-order valence-electron chi connectivity index (χ4n) is 0.481. The Morgan fingerprint density at radius 2 is 2.10 bits per heavy atom. The van der Waals surface area contributed by atoms with Crippen molar-refractivity contribution in [3.63, 3.8) is 0 Å². The van der Waals surface area contributed by atoms with Gasteiger partial charge < -0.3 is 6.53 Å². The first-order chi connectivity index (χ1) is 4.20.